The lowest BCUT2D eigenvalue weighted by molar-refractivity contribution is 0.418. The van der Waals surface area contributed by atoms with Crippen LogP contribution >= 0.6 is 24.0 Å². The first-order valence-corrected chi connectivity index (χ1v) is 5.68. The van der Waals surface area contributed by atoms with E-state index in [0.717, 1.165) is 0 Å². The number of likely N-dealkylation sites (N-methyl/N-ethyl adjacent to an activating group) is 1. The molecule has 0 amide bonds. The summed E-state index contributed by atoms with van der Waals surface area (Å²) >= 11 is 6.00. The Labute approximate surface area is 116 Å². The standard InChI is InChI=1S/C11H13ClN4O.ClH/c1-7(13-2)5-10-15-11(17-16-10)8-3-4-14-6-9(8)12;/h3-4,6-7,13H,5H2,1-2H3;1H. The van der Waals surface area contributed by atoms with Crippen molar-refractivity contribution in [2.75, 3.05) is 7.05 Å². The second-order valence-electron chi connectivity index (χ2n) is 3.77. The van der Waals surface area contributed by atoms with Crippen molar-refractivity contribution in [3.63, 3.8) is 0 Å². The van der Waals surface area contributed by atoms with E-state index < -0.39 is 0 Å². The largest absolute Gasteiger partial charge is 0.334 e. The number of nitrogens with one attached hydrogen (secondary N) is 1. The summed E-state index contributed by atoms with van der Waals surface area (Å²) in [5, 5.41) is 7.54. The van der Waals surface area contributed by atoms with Crippen LogP contribution < -0.4 is 5.32 Å². The van der Waals surface area contributed by atoms with Crippen LogP contribution in [0.1, 0.15) is 12.7 Å². The van der Waals surface area contributed by atoms with Gasteiger partial charge in [-0.1, -0.05) is 16.8 Å². The van der Waals surface area contributed by atoms with Gasteiger partial charge >= 0.3 is 0 Å². The Morgan fingerprint density at radius 3 is 2.94 bits per heavy atom. The van der Waals surface area contributed by atoms with Gasteiger partial charge in [0.25, 0.3) is 5.89 Å². The van der Waals surface area contributed by atoms with Crippen molar-refractivity contribution in [1.82, 2.24) is 20.4 Å². The quantitative estimate of drug-likeness (QED) is 0.936. The molecule has 0 saturated heterocycles. The van der Waals surface area contributed by atoms with E-state index in [2.05, 4.69) is 27.4 Å². The van der Waals surface area contributed by atoms with Crippen LogP contribution in [0.15, 0.2) is 23.0 Å². The minimum Gasteiger partial charge on any atom is -0.334 e. The Bertz CT molecular complexity index is 503. The van der Waals surface area contributed by atoms with E-state index in [1.54, 1.807) is 18.5 Å². The number of hydrogen-bond donors (Lipinski definition) is 1. The highest BCUT2D eigenvalue weighted by atomic mass is 35.5. The highest BCUT2D eigenvalue weighted by Gasteiger charge is 2.13. The summed E-state index contributed by atoms with van der Waals surface area (Å²) in [6.07, 6.45) is 3.90. The van der Waals surface area contributed by atoms with E-state index in [0.29, 0.717) is 34.8 Å². The molecule has 2 aromatic heterocycles. The van der Waals surface area contributed by atoms with Crippen LogP contribution in [0, 0.1) is 0 Å². The highest BCUT2D eigenvalue weighted by molar-refractivity contribution is 6.32. The molecule has 1 N–H and O–H groups in total. The van der Waals surface area contributed by atoms with Crippen LogP contribution in [0.5, 0.6) is 0 Å². The summed E-state index contributed by atoms with van der Waals surface area (Å²) in [6, 6.07) is 2.05. The first kappa shape index (κ1) is 14.9. The Morgan fingerprint density at radius 2 is 2.28 bits per heavy atom. The van der Waals surface area contributed by atoms with E-state index in [9.17, 15) is 0 Å². The van der Waals surface area contributed by atoms with Gasteiger partial charge in [-0.15, -0.1) is 12.4 Å². The summed E-state index contributed by atoms with van der Waals surface area (Å²) in [5.74, 6) is 1.09. The lowest BCUT2D eigenvalue weighted by Crippen LogP contribution is -2.24. The zero-order valence-electron chi connectivity index (χ0n) is 10.1. The molecule has 0 bridgehead atoms. The molecular formula is C11H14Cl2N4O. The van der Waals surface area contributed by atoms with Crippen molar-refractivity contribution in [1.29, 1.82) is 0 Å². The van der Waals surface area contributed by atoms with Crippen LogP contribution in [0.3, 0.4) is 0 Å². The van der Waals surface area contributed by atoms with Gasteiger partial charge in [0, 0.05) is 24.9 Å². The smallest absolute Gasteiger partial charge is 0.259 e. The molecule has 0 spiro atoms. The average molecular weight is 289 g/mol. The molecule has 0 aliphatic heterocycles. The maximum atomic E-state index is 6.00. The second kappa shape index (κ2) is 6.68. The molecule has 1 atom stereocenters. The predicted molar refractivity (Wildman–Crippen MR) is 72.0 cm³/mol. The number of pyridine rings is 1. The summed E-state index contributed by atoms with van der Waals surface area (Å²) in [7, 11) is 1.89. The van der Waals surface area contributed by atoms with Crippen LogP contribution in [-0.2, 0) is 6.42 Å². The summed E-state index contributed by atoms with van der Waals surface area (Å²) < 4.78 is 5.18. The third kappa shape index (κ3) is 3.41. The molecule has 0 fully saturated rings. The van der Waals surface area contributed by atoms with E-state index in [-0.39, 0.29) is 12.4 Å². The minimum absolute atomic E-state index is 0. The van der Waals surface area contributed by atoms with Crippen LogP contribution in [-0.4, -0.2) is 28.2 Å². The van der Waals surface area contributed by atoms with Crippen LogP contribution in [0.25, 0.3) is 11.5 Å². The lowest BCUT2D eigenvalue weighted by Gasteiger charge is -2.04. The molecule has 0 aromatic carbocycles. The van der Waals surface area contributed by atoms with E-state index >= 15 is 0 Å². The van der Waals surface area contributed by atoms with E-state index in [1.807, 2.05) is 7.05 Å². The second-order valence-corrected chi connectivity index (χ2v) is 4.17. The van der Waals surface area contributed by atoms with Gasteiger partial charge in [-0.05, 0) is 20.0 Å². The van der Waals surface area contributed by atoms with Crippen molar-refractivity contribution in [3.8, 4) is 11.5 Å². The molecule has 2 rings (SSSR count). The molecule has 7 heteroatoms. The molecular weight excluding hydrogens is 275 g/mol. The van der Waals surface area contributed by atoms with Gasteiger partial charge < -0.3 is 9.84 Å². The Hall–Kier alpha value is -1.17. The fourth-order valence-electron chi connectivity index (χ4n) is 1.37. The summed E-state index contributed by atoms with van der Waals surface area (Å²) in [4.78, 5) is 8.21. The van der Waals surface area contributed by atoms with Crippen molar-refractivity contribution >= 4 is 24.0 Å². The minimum atomic E-state index is 0. The zero-order chi connectivity index (χ0) is 12.3. The first-order valence-electron chi connectivity index (χ1n) is 5.30. The maximum Gasteiger partial charge on any atom is 0.259 e. The SMILES string of the molecule is CNC(C)Cc1noc(-c2ccncc2Cl)n1.Cl. The molecule has 98 valence electrons. The molecule has 0 aliphatic carbocycles. The Morgan fingerprint density at radius 1 is 1.50 bits per heavy atom. The van der Waals surface area contributed by atoms with Gasteiger partial charge in [0.15, 0.2) is 5.82 Å². The molecule has 0 radical (unpaired) electrons. The topological polar surface area (TPSA) is 63.8 Å². The summed E-state index contributed by atoms with van der Waals surface area (Å²) in [6.45, 7) is 2.05. The van der Waals surface area contributed by atoms with Crippen molar-refractivity contribution in [2.24, 2.45) is 0 Å². The lowest BCUT2D eigenvalue weighted by atomic mass is 10.2. The van der Waals surface area contributed by atoms with Crippen molar-refractivity contribution < 1.29 is 4.52 Å². The normalized spacial score (nSPS) is 11.9. The molecule has 2 aromatic rings. The van der Waals surface area contributed by atoms with E-state index in [4.69, 9.17) is 16.1 Å². The third-order valence-corrected chi connectivity index (χ3v) is 2.75. The fraction of sp³-hybridized carbons (Fsp3) is 0.364. The van der Waals surface area contributed by atoms with Crippen molar-refractivity contribution in [2.45, 2.75) is 19.4 Å². The molecule has 2 heterocycles. The van der Waals surface area contributed by atoms with Crippen LogP contribution in [0.4, 0.5) is 0 Å². The molecule has 18 heavy (non-hydrogen) atoms. The van der Waals surface area contributed by atoms with Gasteiger partial charge in [-0.25, -0.2) is 0 Å². The molecule has 0 saturated carbocycles. The zero-order valence-corrected chi connectivity index (χ0v) is 11.6. The van der Waals surface area contributed by atoms with Gasteiger partial charge in [0.1, 0.15) is 0 Å². The number of halogens is 2. The monoisotopic (exact) mass is 288 g/mol. The first-order chi connectivity index (χ1) is 8.20. The Kier molecular flexibility index (Phi) is 5.53. The Balaban J connectivity index is 0.00000162. The van der Waals surface area contributed by atoms with Gasteiger partial charge in [-0.2, -0.15) is 4.98 Å². The van der Waals surface area contributed by atoms with Crippen LogP contribution in [0.2, 0.25) is 5.02 Å². The fourth-order valence-corrected chi connectivity index (χ4v) is 1.57. The predicted octanol–water partition coefficient (Wildman–Crippen LogP) is 2.36. The van der Waals surface area contributed by atoms with Crippen molar-refractivity contribution in [3.05, 3.63) is 29.3 Å². The molecule has 1 unspecified atom stereocenters. The number of rotatable bonds is 4. The van der Waals surface area contributed by atoms with Gasteiger partial charge in [-0.3, -0.25) is 4.98 Å². The van der Waals surface area contributed by atoms with Gasteiger partial charge in [0.2, 0.25) is 0 Å². The molecule has 0 aliphatic rings. The summed E-state index contributed by atoms with van der Waals surface area (Å²) in [5.41, 5.74) is 0.706. The third-order valence-electron chi connectivity index (χ3n) is 2.45. The van der Waals surface area contributed by atoms with E-state index in [1.165, 1.54) is 0 Å². The maximum absolute atomic E-state index is 6.00. The van der Waals surface area contributed by atoms with Gasteiger partial charge in [0.05, 0.1) is 10.6 Å². The highest BCUT2D eigenvalue weighted by Crippen LogP contribution is 2.24. The molecule has 5 nitrogen and oxygen atoms in total. The number of aromatic nitrogens is 3. The number of hydrogen-bond acceptors (Lipinski definition) is 5. The number of nitrogens with zero attached hydrogens (tertiary/aromatic N) is 3. The average Bonchev–Trinajstić information content (AvgIpc) is 2.78.